The van der Waals surface area contributed by atoms with Gasteiger partial charge in [0, 0.05) is 18.3 Å². The van der Waals surface area contributed by atoms with Crippen LogP contribution in [0.25, 0.3) is 0 Å². The van der Waals surface area contributed by atoms with Crippen molar-refractivity contribution >= 4 is 6.21 Å². The molecule has 3 nitrogen and oxygen atoms in total. The highest BCUT2D eigenvalue weighted by atomic mass is 16.3. The summed E-state index contributed by atoms with van der Waals surface area (Å²) in [6.07, 6.45) is 5.15. The predicted molar refractivity (Wildman–Crippen MR) is 49.7 cm³/mol. The fraction of sp³-hybridized carbons (Fsp3) is 0.444. The molecule has 0 unspecified atom stereocenters. The first kappa shape index (κ1) is 9.00. The fourth-order valence-electron chi connectivity index (χ4n) is 0.776. The van der Waals surface area contributed by atoms with E-state index in [0.29, 0.717) is 0 Å². The lowest BCUT2D eigenvalue weighted by Gasteiger charge is -2.04. The summed E-state index contributed by atoms with van der Waals surface area (Å²) in [6.45, 7) is 1.81. The number of nitrogens with zero attached hydrogens (tertiary/aromatic N) is 2. The molecule has 66 valence electrons. The molecule has 1 rings (SSSR count). The Morgan fingerprint density at radius 3 is 3.00 bits per heavy atom. The van der Waals surface area contributed by atoms with Crippen LogP contribution in [0.4, 0.5) is 0 Å². The fourth-order valence-corrected chi connectivity index (χ4v) is 0.776. The Balaban J connectivity index is 2.23. The van der Waals surface area contributed by atoms with Crippen LogP contribution in [-0.4, -0.2) is 38.3 Å². The van der Waals surface area contributed by atoms with Crippen LogP contribution in [0.15, 0.2) is 28.0 Å². The zero-order valence-corrected chi connectivity index (χ0v) is 7.53. The van der Waals surface area contributed by atoms with Crippen LogP contribution in [0.5, 0.6) is 0 Å². The normalized spacial score (nSPS) is 11.6. The molecule has 0 fully saturated rings. The SMILES string of the molecule is CN(C)CCN=Cc1ccoc1. The number of hydrogen-bond acceptors (Lipinski definition) is 3. The van der Waals surface area contributed by atoms with Gasteiger partial charge >= 0.3 is 0 Å². The first-order valence-electron chi connectivity index (χ1n) is 3.96. The maximum atomic E-state index is 4.89. The van der Waals surface area contributed by atoms with E-state index in [1.807, 2.05) is 26.4 Å². The third-order valence-corrected chi connectivity index (χ3v) is 1.46. The summed E-state index contributed by atoms with van der Waals surface area (Å²) >= 11 is 0. The van der Waals surface area contributed by atoms with Crippen LogP contribution in [0.3, 0.4) is 0 Å². The average Bonchev–Trinajstić information content (AvgIpc) is 2.49. The van der Waals surface area contributed by atoms with Crippen molar-refractivity contribution in [3.8, 4) is 0 Å². The number of hydrogen-bond donors (Lipinski definition) is 0. The molecule has 0 N–H and O–H groups in total. The average molecular weight is 166 g/mol. The van der Waals surface area contributed by atoms with Gasteiger partial charge in [0.05, 0.1) is 19.1 Å². The number of likely N-dealkylation sites (N-methyl/N-ethyl adjacent to an activating group) is 1. The van der Waals surface area contributed by atoms with Gasteiger partial charge in [0.25, 0.3) is 0 Å². The Kier molecular flexibility index (Phi) is 3.54. The van der Waals surface area contributed by atoms with Crippen LogP contribution in [-0.2, 0) is 0 Å². The van der Waals surface area contributed by atoms with Crippen molar-refractivity contribution < 1.29 is 4.42 Å². The van der Waals surface area contributed by atoms with Gasteiger partial charge in [0.15, 0.2) is 0 Å². The number of aliphatic imine (C=N–C) groups is 1. The Bertz CT molecular complexity index is 227. The van der Waals surface area contributed by atoms with Crippen LogP contribution >= 0.6 is 0 Å². The summed E-state index contributed by atoms with van der Waals surface area (Å²) < 4.78 is 4.89. The minimum Gasteiger partial charge on any atom is -0.472 e. The van der Waals surface area contributed by atoms with Crippen molar-refractivity contribution in [2.75, 3.05) is 27.2 Å². The molecule has 0 aliphatic rings. The molecule has 0 saturated carbocycles. The molecule has 0 radical (unpaired) electrons. The zero-order valence-electron chi connectivity index (χ0n) is 7.53. The predicted octanol–water partition coefficient (Wildman–Crippen LogP) is 1.26. The van der Waals surface area contributed by atoms with E-state index in [0.717, 1.165) is 18.7 Å². The molecule has 0 atom stereocenters. The highest BCUT2D eigenvalue weighted by Crippen LogP contribution is 1.94. The molecule has 0 bridgehead atoms. The molecule has 1 aromatic rings. The van der Waals surface area contributed by atoms with Crippen LogP contribution in [0, 0.1) is 0 Å². The van der Waals surface area contributed by atoms with Gasteiger partial charge in [-0.3, -0.25) is 4.99 Å². The van der Waals surface area contributed by atoms with Crippen LogP contribution in [0.2, 0.25) is 0 Å². The van der Waals surface area contributed by atoms with Crippen LogP contribution < -0.4 is 0 Å². The van der Waals surface area contributed by atoms with Gasteiger partial charge in [-0.15, -0.1) is 0 Å². The lowest BCUT2D eigenvalue weighted by Crippen LogP contribution is -2.15. The first-order valence-corrected chi connectivity index (χ1v) is 3.96. The molecular formula is C9H14N2O. The van der Waals surface area contributed by atoms with Crippen molar-refractivity contribution in [1.29, 1.82) is 0 Å². The summed E-state index contributed by atoms with van der Waals surface area (Å²) in [7, 11) is 4.07. The molecule has 0 spiro atoms. The smallest absolute Gasteiger partial charge is 0.0990 e. The largest absolute Gasteiger partial charge is 0.472 e. The van der Waals surface area contributed by atoms with Gasteiger partial charge in [-0.05, 0) is 20.2 Å². The minimum atomic E-state index is 0.832. The van der Waals surface area contributed by atoms with Crippen molar-refractivity contribution in [3.63, 3.8) is 0 Å². The summed E-state index contributed by atoms with van der Waals surface area (Å²) in [6, 6.07) is 1.89. The van der Waals surface area contributed by atoms with E-state index in [4.69, 9.17) is 4.42 Å². The van der Waals surface area contributed by atoms with Crippen LogP contribution in [0.1, 0.15) is 5.56 Å². The summed E-state index contributed by atoms with van der Waals surface area (Å²) in [4.78, 5) is 6.33. The Morgan fingerprint density at radius 2 is 2.42 bits per heavy atom. The molecule has 1 heterocycles. The van der Waals surface area contributed by atoms with E-state index >= 15 is 0 Å². The lowest BCUT2D eigenvalue weighted by atomic mass is 10.4. The third kappa shape index (κ3) is 3.34. The van der Waals surface area contributed by atoms with Gasteiger partial charge in [-0.2, -0.15) is 0 Å². The Labute approximate surface area is 72.7 Å². The molecule has 0 aliphatic carbocycles. The van der Waals surface area contributed by atoms with E-state index < -0.39 is 0 Å². The number of rotatable bonds is 4. The molecule has 3 heteroatoms. The Morgan fingerprint density at radius 1 is 1.58 bits per heavy atom. The number of furan rings is 1. The van der Waals surface area contributed by atoms with E-state index in [9.17, 15) is 0 Å². The van der Waals surface area contributed by atoms with E-state index in [1.54, 1.807) is 12.5 Å². The monoisotopic (exact) mass is 166 g/mol. The second-order valence-electron chi connectivity index (χ2n) is 2.90. The standard InChI is InChI=1S/C9H14N2O/c1-11(2)5-4-10-7-9-3-6-12-8-9/h3,6-8H,4-5H2,1-2H3. The highest BCUT2D eigenvalue weighted by molar-refractivity contribution is 5.78. The second kappa shape index (κ2) is 4.72. The topological polar surface area (TPSA) is 28.7 Å². The quantitative estimate of drug-likeness (QED) is 0.630. The molecule has 12 heavy (non-hydrogen) atoms. The van der Waals surface area contributed by atoms with Gasteiger partial charge < -0.3 is 9.32 Å². The van der Waals surface area contributed by atoms with E-state index in [2.05, 4.69) is 9.89 Å². The van der Waals surface area contributed by atoms with E-state index in [1.165, 1.54) is 0 Å². The van der Waals surface area contributed by atoms with E-state index in [-0.39, 0.29) is 0 Å². The Hall–Kier alpha value is -1.09. The minimum absolute atomic E-state index is 0.832. The molecule has 1 aromatic heterocycles. The van der Waals surface area contributed by atoms with Crippen molar-refractivity contribution in [2.24, 2.45) is 4.99 Å². The second-order valence-corrected chi connectivity index (χ2v) is 2.90. The first-order chi connectivity index (χ1) is 5.79. The summed E-state index contributed by atoms with van der Waals surface area (Å²) in [5.74, 6) is 0. The van der Waals surface area contributed by atoms with Crippen molar-refractivity contribution in [3.05, 3.63) is 24.2 Å². The summed E-state index contributed by atoms with van der Waals surface area (Å²) in [5, 5.41) is 0. The van der Waals surface area contributed by atoms with Gasteiger partial charge in [0.2, 0.25) is 0 Å². The molecule has 0 aromatic carbocycles. The van der Waals surface area contributed by atoms with Gasteiger partial charge in [-0.1, -0.05) is 0 Å². The highest BCUT2D eigenvalue weighted by Gasteiger charge is 1.88. The summed E-state index contributed by atoms with van der Waals surface area (Å²) in [5.41, 5.74) is 1.02. The third-order valence-electron chi connectivity index (χ3n) is 1.46. The molecule has 0 saturated heterocycles. The zero-order chi connectivity index (χ0) is 8.81. The van der Waals surface area contributed by atoms with Crippen molar-refractivity contribution in [2.45, 2.75) is 0 Å². The maximum absolute atomic E-state index is 4.89. The molecule has 0 amide bonds. The van der Waals surface area contributed by atoms with Gasteiger partial charge in [0.1, 0.15) is 0 Å². The molecule has 0 aliphatic heterocycles. The molecular weight excluding hydrogens is 152 g/mol. The van der Waals surface area contributed by atoms with Crippen molar-refractivity contribution in [1.82, 2.24) is 4.90 Å². The lowest BCUT2D eigenvalue weighted by molar-refractivity contribution is 0.421. The maximum Gasteiger partial charge on any atom is 0.0990 e. The van der Waals surface area contributed by atoms with Gasteiger partial charge in [-0.25, -0.2) is 0 Å².